The van der Waals surface area contributed by atoms with Gasteiger partial charge in [0.1, 0.15) is 5.76 Å². The molecule has 0 saturated heterocycles. The van der Waals surface area contributed by atoms with Crippen LogP contribution in [0, 0.1) is 0 Å². The van der Waals surface area contributed by atoms with Crippen molar-refractivity contribution in [2.24, 2.45) is 0 Å². The molecule has 0 atom stereocenters. The number of nitrogens with one attached hydrogen (secondary N) is 2. The highest BCUT2D eigenvalue weighted by Gasteiger charge is 2.24. The van der Waals surface area contributed by atoms with E-state index in [4.69, 9.17) is 4.42 Å². The number of amides is 2. The van der Waals surface area contributed by atoms with E-state index in [0.717, 1.165) is 25.7 Å². The fourth-order valence-electron chi connectivity index (χ4n) is 3.35. The van der Waals surface area contributed by atoms with Gasteiger partial charge in [0.25, 0.3) is 11.8 Å². The van der Waals surface area contributed by atoms with Crippen LogP contribution in [0.4, 0.5) is 0 Å². The van der Waals surface area contributed by atoms with Crippen LogP contribution in [0.3, 0.4) is 0 Å². The number of pyridine rings is 1. The number of carbonyl (C=O) groups is 2. The van der Waals surface area contributed by atoms with Gasteiger partial charge in [0.05, 0.1) is 18.3 Å². The zero-order chi connectivity index (χ0) is 17.9. The SMILES string of the molecule is O=C(NC1CCCC1)c1nc(C(=O)NCc2ccco2)n2ccccc12. The first kappa shape index (κ1) is 16.4. The van der Waals surface area contributed by atoms with Crippen molar-refractivity contribution in [3.05, 3.63) is 60.1 Å². The van der Waals surface area contributed by atoms with Gasteiger partial charge in [0, 0.05) is 12.2 Å². The Balaban J connectivity index is 1.58. The normalized spacial score (nSPS) is 14.6. The number of hydrogen-bond donors (Lipinski definition) is 2. The lowest BCUT2D eigenvalue weighted by Gasteiger charge is -2.10. The minimum absolute atomic E-state index is 0.184. The Hall–Kier alpha value is -3.09. The van der Waals surface area contributed by atoms with E-state index in [2.05, 4.69) is 15.6 Å². The van der Waals surface area contributed by atoms with Crippen molar-refractivity contribution in [3.8, 4) is 0 Å². The maximum atomic E-state index is 12.7. The molecule has 3 aromatic heterocycles. The van der Waals surface area contributed by atoms with E-state index in [1.165, 1.54) is 0 Å². The molecule has 1 saturated carbocycles. The highest BCUT2D eigenvalue weighted by molar-refractivity contribution is 6.02. The van der Waals surface area contributed by atoms with Gasteiger partial charge < -0.3 is 15.1 Å². The molecule has 0 aliphatic heterocycles. The average Bonchev–Trinajstić information content (AvgIpc) is 3.40. The van der Waals surface area contributed by atoms with Crippen molar-refractivity contribution < 1.29 is 14.0 Å². The Morgan fingerprint density at radius 3 is 2.77 bits per heavy atom. The first-order valence-electron chi connectivity index (χ1n) is 8.81. The van der Waals surface area contributed by atoms with Crippen LogP contribution >= 0.6 is 0 Å². The fourth-order valence-corrected chi connectivity index (χ4v) is 3.35. The first-order chi connectivity index (χ1) is 12.7. The van der Waals surface area contributed by atoms with Gasteiger partial charge in [-0.1, -0.05) is 18.9 Å². The van der Waals surface area contributed by atoms with Gasteiger partial charge in [0.2, 0.25) is 5.82 Å². The number of nitrogens with zero attached hydrogens (tertiary/aromatic N) is 2. The minimum atomic E-state index is -0.359. The largest absolute Gasteiger partial charge is 0.467 e. The molecule has 1 fully saturated rings. The molecular weight excluding hydrogens is 332 g/mol. The molecule has 2 N–H and O–H groups in total. The second-order valence-corrected chi connectivity index (χ2v) is 6.46. The summed E-state index contributed by atoms with van der Waals surface area (Å²) in [6, 6.07) is 9.16. The molecule has 26 heavy (non-hydrogen) atoms. The number of fused-ring (bicyclic) bond motifs is 1. The Morgan fingerprint density at radius 1 is 1.15 bits per heavy atom. The molecular formula is C19H20N4O3. The smallest absolute Gasteiger partial charge is 0.288 e. The number of carbonyl (C=O) groups excluding carboxylic acids is 2. The van der Waals surface area contributed by atoms with Crippen LogP contribution in [0.5, 0.6) is 0 Å². The summed E-state index contributed by atoms with van der Waals surface area (Å²) in [5.74, 6) is 0.246. The third-order valence-corrected chi connectivity index (χ3v) is 4.66. The first-order valence-corrected chi connectivity index (χ1v) is 8.81. The second-order valence-electron chi connectivity index (χ2n) is 6.46. The van der Waals surface area contributed by atoms with Crippen LogP contribution in [0.1, 0.15) is 52.6 Å². The van der Waals surface area contributed by atoms with E-state index >= 15 is 0 Å². The number of aromatic nitrogens is 2. The molecule has 1 aliphatic carbocycles. The standard InChI is InChI=1S/C19H20N4O3/c24-18(21-13-6-1-2-7-13)16-15-9-3-4-10-23(15)17(22-16)19(25)20-12-14-8-5-11-26-14/h3-5,8-11,13H,1-2,6-7,12H2,(H,20,25)(H,21,24). The quantitative estimate of drug-likeness (QED) is 0.738. The van der Waals surface area contributed by atoms with Gasteiger partial charge in [-0.15, -0.1) is 0 Å². The molecule has 0 aromatic carbocycles. The molecule has 0 spiro atoms. The highest BCUT2D eigenvalue weighted by atomic mass is 16.3. The van der Waals surface area contributed by atoms with Gasteiger partial charge in [-0.25, -0.2) is 4.98 Å². The minimum Gasteiger partial charge on any atom is -0.467 e. The highest BCUT2D eigenvalue weighted by Crippen LogP contribution is 2.19. The van der Waals surface area contributed by atoms with Crippen molar-refractivity contribution in [1.82, 2.24) is 20.0 Å². The third kappa shape index (κ3) is 3.20. The van der Waals surface area contributed by atoms with Crippen LogP contribution in [-0.4, -0.2) is 27.2 Å². The second kappa shape index (κ2) is 7.03. The molecule has 3 heterocycles. The third-order valence-electron chi connectivity index (χ3n) is 4.66. The fraction of sp³-hybridized carbons (Fsp3) is 0.316. The van der Waals surface area contributed by atoms with Crippen molar-refractivity contribution >= 4 is 17.3 Å². The van der Waals surface area contributed by atoms with Crippen molar-refractivity contribution in [3.63, 3.8) is 0 Å². The van der Waals surface area contributed by atoms with Gasteiger partial charge >= 0.3 is 0 Å². The van der Waals surface area contributed by atoms with Crippen molar-refractivity contribution in [1.29, 1.82) is 0 Å². The lowest BCUT2D eigenvalue weighted by Crippen LogP contribution is -2.33. The maximum Gasteiger partial charge on any atom is 0.288 e. The van der Waals surface area contributed by atoms with Gasteiger partial charge in [-0.2, -0.15) is 0 Å². The molecule has 134 valence electrons. The number of hydrogen-bond acceptors (Lipinski definition) is 4. The summed E-state index contributed by atoms with van der Waals surface area (Å²) < 4.78 is 6.86. The maximum absolute atomic E-state index is 12.7. The summed E-state index contributed by atoms with van der Waals surface area (Å²) in [6.07, 6.45) is 7.54. The molecule has 0 bridgehead atoms. The molecule has 1 aliphatic rings. The Labute approximate surface area is 150 Å². The lowest BCUT2D eigenvalue weighted by molar-refractivity contribution is 0.0934. The summed E-state index contributed by atoms with van der Waals surface area (Å²) in [5, 5.41) is 5.80. The monoisotopic (exact) mass is 352 g/mol. The Morgan fingerprint density at radius 2 is 2.00 bits per heavy atom. The van der Waals surface area contributed by atoms with E-state index in [9.17, 15) is 9.59 Å². The molecule has 3 aromatic rings. The summed E-state index contributed by atoms with van der Waals surface area (Å²) in [7, 11) is 0. The number of rotatable bonds is 5. The zero-order valence-corrected chi connectivity index (χ0v) is 14.3. The molecule has 4 rings (SSSR count). The van der Waals surface area contributed by atoms with Crippen molar-refractivity contribution in [2.75, 3.05) is 0 Å². The average molecular weight is 352 g/mol. The van der Waals surface area contributed by atoms with E-state index in [0.29, 0.717) is 11.3 Å². The number of furan rings is 1. The Bertz CT molecular complexity index is 924. The van der Waals surface area contributed by atoms with E-state index in [-0.39, 0.29) is 35.9 Å². The predicted molar refractivity (Wildman–Crippen MR) is 94.8 cm³/mol. The Kier molecular flexibility index (Phi) is 4.43. The van der Waals surface area contributed by atoms with Crippen LogP contribution in [0.15, 0.2) is 47.2 Å². The molecule has 7 nitrogen and oxygen atoms in total. The molecule has 0 radical (unpaired) electrons. The lowest BCUT2D eigenvalue weighted by atomic mass is 10.2. The van der Waals surface area contributed by atoms with Crippen molar-refractivity contribution in [2.45, 2.75) is 38.3 Å². The van der Waals surface area contributed by atoms with Gasteiger partial charge in [-0.05, 0) is 37.1 Å². The predicted octanol–water partition coefficient (Wildman–Crippen LogP) is 2.53. The van der Waals surface area contributed by atoms with Crippen LogP contribution < -0.4 is 10.6 Å². The van der Waals surface area contributed by atoms with E-state index in [1.54, 1.807) is 41.1 Å². The summed E-state index contributed by atoms with van der Waals surface area (Å²) in [6.45, 7) is 0.261. The van der Waals surface area contributed by atoms with E-state index < -0.39 is 0 Å². The topological polar surface area (TPSA) is 88.6 Å². The van der Waals surface area contributed by atoms with Crippen LogP contribution in [-0.2, 0) is 6.54 Å². The van der Waals surface area contributed by atoms with Gasteiger partial charge in [-0.3, -0.25) is 14.0 Å². The summed E-state index contributed by atoms with van der Waals surface area (Å²) in [4.78, 5) is 29.6. The van der Waals surface area contributed by atoms with Crippen LogP contribution in [0.2, 0.25) is 0 Å². The summed E-state index contributed by atoms with van der Waals surface area (Å²) in [5.41, 5.74) is 0.895. The molecule has 2 amide bonds. The van der Waals surface area contributed by atoms with E-state index in [1.807, 2.05) is 6.07 Å². The zero-order valence-electron chi connectivity index (χ0n) is 14.3. The van der Waals surface area contributed by atoms with Crippen LogP contribution in [0.25, 0.3) is 5.52 Å². The molecule has 7 heteroatoms. The molecule has 0 unspecified atom stereocenters. The van der Waals surface area contributed by atoms with Gasteiger partial charge in [0.15, 0.2) is 5.69 Å². The number of imidazole rings is 1. The summed E-state index contributed by atoms with van der Waals surface area (Å²) >= 11 is 0.